The summed E-state index contributed by atoms with van der Waals surface area (Å²) in [5, 5.41) is 20.4. The van der Waals surface area contributed by atoms with E-state index < -0.39 is 12.6 Å². The highest BCUT2D eigenvalue weighted by Crippen LogP contribution is 2.31. The third-order valence-electron chi connectivity index (χ3n) is 3.37. The maximum atomic E-state index is 10.6. The third-order valence-corrected chi connectivity index (χ3v) is 4.50. The van der Waals surface area contributed by atoms with Crippen LogP contribution in [0.1, 0.15) is 5.69 Å². The van der Waals surface area contributed by atoms with E-state index in [4.69, 9.17) is 9.84 Å². The number of halogens is 1. The molecule has 0 unspecified atom stereocenters. The molecular formula is C17H13IN2O4. The zero-order valence-corrected chi connectivity index (χ0v) is 14.8. The first-order valence-corrected chi connectivity index (χ1v) is 8.14. The van der Waals surface area contributed by atoms with Crippen LogP contribution in [0, 0.1) is 10.5 Å². The maximum absolute atomic E-state index is 10.6. The van der Waals surface area contributed by atoms with E-state index in [2.05, 4.69) is 32.6 Å². The van der Waals surface area contributed by atoms with Gasteiger partial charge in [0.15, 0.2) is 12.4 Å². The second-order valence-corrected chi connectivity index (χ2v) is 6.27. The van der Waals surface area contributed by atoms with Gasteiger partial charge in [-0.15, -0.1) is 0 Å². The fourth-order valence-corrected chi connectivity index (χ4v) is 2.97. The predicted molar refractivity (Wildman–Crippen MR) is 97.2 cm³/mol. The van der Waals surface area contributed by atoms with Crippen LogP contribution in [0.15, 0.2) is 36.4 Å². The standard InChI is InChI=1S/C17H13IN2O4/c1-9-6-14(24-8-15(22)23)20-17(19-9)11-2-4-12-10(7-11)3-5-13(21)16(12)18/h2-7,21H,8H2,1H3,(H,22,23). The molecule has 0 aliphatic carbocycles. The molecule has 0 saturated carbocycles. The Kier molecular flexibility index (Phi) is 4.52. The lowest BCUT2D eigenvalue weighted by atomic mass is 10.1. The zero-order chi connectivity index (χ0) is 17.3. The summed E-state index contributed by atoms with van der Waals surface area (Å²) in [6.07, 6.45) is 0. The molecule has 0 atom stereocenters. The molecule has 0 fully saturated rings. The van der Waals surface area contributed by atoms with Crippen molar-refractivity contribution < 1.29 is 19.7 Å². The van der Waals surface area contributed by atoms with Crippen molar-refractivity contribution in [2.24, 2.45) is 0 Å². The van der Waals surface area contributed by atoms with E-state index in [0.29, 0.717) is 11.5 Å². The van der Waals surface area contributed by atoms with Crippen LogP contribution >= 0.6 is 22.6 Å². The number of phenolic OH excluding ortho intramolecular Hbond substituents is 1. The van der Waals surface area contributed by atoms with E-state index in [9.17, 15) is 9.90 Å². The number of nitrogens with zero attached hydrogens (tertiary/aromatic N) is 2. The van der Waals surface area contributed by atoms with Crippen LogP contribution in [0.5, 0.6) is 11.6 Å². The first-order valence-electron chi connectivity index (χ1n) is 7.06. The minimum Gasteiger partial charge on any atom is -0.507 e. The van der Waals surface area contributed by atoms with Crippen LogP contribution in [0.2, 0.25) is 0 Å². The first-order chi connectivity index (χ1) is 11.4. The average Bonchev–Trinajstić information content (AvgIpc) is 2.55. The Morgan fingerprint density at radius 1 is 1.21 bits per heavy atom. The van der Waals surface area contributed by atoms with Gasteiger partial charge < -0.3 is 14.9 Å². The molecule has 0 bridgehead atoms. The molecule has 0 spiro atoms. The smallest absolute Gasteiger partial charge is 0.341 e. The van der Waals surface area contributed by atoms with Gasteiger partial charge in [-0.2, -0.15) is 4.98 Å². The number of ether oxygens (including phenoxy) is 1. The first kappa shape index (κ1) is 16.4. The van der Waals surface area contributed by atoms with Crippen molar-refractivity contribution >= 4 is 39.3 Å². The van der Waals surface area contributed by atoms with Crippen LogP contribution in [-0.2, 0) is 4.79 Å². The van der Waals surface area contributed by atoms with Crippen molar-refractivity contribution in [3.8, 4) is 23.0 Å². The van der Waals surface area contributed by atoms with Gasteiger partial charge in [0.2, 0.25) is 5.88 Å². The highest BCUT2D eigenvalue weighted by molar-refractivity contribution is 14.1. The van der Waals surface area contributed by atoms with Crippen molar-refractivity contribution in [2.75, 3.05) is 6.61 Å². The number of aromatic hydroxyl groups is 1. The van der Waals surface area contributed by atoms with E-state index in [0.717, 1.165) is 19.9 Å². The molecule has 3 aromatic rings. The number of carboxylic acid groups (broad SMARTS) is 1. The maximum Gasteiger partial charge on any atom is 0.341 e. The quantitative estimate of drug-likeness (QED) is 0.610. The monoisotopic (exact) mass is 436 g/mol. The molecule has 6 nitrogen and oxygen atoms in total. The van der Waals surface area contributed by atoms with Crippen molar-refractivity contribution in [1.82, 2.24) is 9.97 Å². The van der Waals surface area contributed by atoms with Gasteiger partial charge in [-0.3, -0.25) is 0 Å². The number of aromatic nitrogens is 2. The molecule has 0 aliphatic heterocycles. The van der Waals surface area contributed by atoms with Crippen molar-refractivity contribution in [1.29, 1.82) is 0 Å². The van der Waals surface area contributed by atoms with Gasteiger partial charge in [-0.1, -0.05) is 18.2 Å². The molecule has 7 heteroatoms. The fourth-order valence-electron chi connectivity index (χ4n) is 2.30. The van der Waals surface area contributed by atoms with E-state index in [1.807, 2.05) is 24.3 Å². The number of phenols is 1. The van der Waals surface area contributed by atoms with Crippen molar-refractivity contribution in [3.63, 3.8) is 0 Å². The van der Waals surface area contributed by atoms with E-state index in [1.54, 1.807) is 19.1 Å². The Balaban J connectivity index is 2.03. The molecule has 1 heterocycles. The Hall–Kier alpha value is -2.42. The van der Waals surface area contributed by atoms with Crippen LogP contribution in [-0.4, -0.2) is 32.8 Å². The summed E-state index contributed by atoms with van der Waals surface area (Å²) in [5.41, 5.74) is 1.47. The summed E-state index contributed by atoms with van der Waals surface area (Å²) in [6, 6.07) is 10.7. The van der Waals surface area contributed by atoms with Crippen molar-refractivity contribution in [2.45, 2.75) is 6.92 Å². The fraction of sp³-hybridized carbons (Fsp3) is 0.118. The number of hydrogen-bond acceptors (Lipinski definition) is 5. The lowest BCUT2D eigenvalue weighted by molar-refractivity contribution is -0.139. The largest absolute Gasteiger partial charge is 0.507 e. The van der Waals surface area contributed by atoms with Gasteiger partial charge in [0, 0.05) is 17.3 Å². The lowest BCUT2D eigenvalue weighted by Gasteiger charge is -2.08. The highest BCUT2D eigenvalue weighted by Gasteiger charge is 2.10. The van der Waals surface area contributed by atoms with Gasteiger partial charge in [0.1, 0.15) is 5.75 Å². The second-order valence-electron chi connectivity index (χ2n) is 5.19. The second kappa shape index (κ2) is 6.60. The van der Waals surface area contributed by atoms with E-state index >= 15 is 0 Å². The molecule has 2 aromatic carbocycles. The Morgan fingerprint density at radius 3 is 2.75 bits per heavy atom. The van der Waals surface area contributed by atoms with Gasteiger partial charge in [-0.25, -0.2) is 9.78 Å². The molecule has 1 aromatic heterocycles. The number of aryl methyl sites for hydroxylation is 1. The number of fused-ring (bicyclic) bond motifs is 1. The molecule has 0 radical (unpaired) electrons. The average molecular weight is 436 g/mol. The number of aliphatic carboxylic acids is 1. The number of benzene rings is 2. The van der Waals surface area contributed by atoms with Crippen LogP contribution in [0.4, 0.5) is 0 Å². The van der Waals surface area contributed by atoms with Crippen molar-refractivity contribution in [3.05, 3.63) is 45.7 Å². The Labute approximate surface area is 151 Å². The highest BCUT2D eigenvalue weighted by atomic mass is 127. The minimum absolute atomic E-state index is 0.222. The molecule has 0 amide bonds. The van der Waals surface area contributed by atoms with E-state index in [-0.39, 0.29) is 11.6 Å². The van der Waals surface area contributed by atoms with E-state index in [1.165, 1.54) is 0 Å². The zero-order valence-electron chi connectivity index (χ0n) is 12.7. The summed E-state index contributed by atoms with van der Waals surface area (Å²) in [4.78, 5) is 19.3. The predicted octanol–water partition coefficient (Wildman–Crippen LogP) is 3.38. The molecular weight excluding hydrogens is 423 g/mol. The normalized spacial score (nSPS) is 10.8. The summed E-state index contributed by atoms with van der Waals surface area (Å²) in [6.45, 7) is 1.34. The number of carboxylic acids is 1. The van der Waals surface area contributed by atoms with Gasteiger partial charge >= 0.3 is 5.97 Å². The van der Waals surface area contributed by atoms with Crippen LogP contribution in [0.3, 0.4) is 0 Å². The number of rotatable bonds is 4. The molecule has 3 rings (SSSR count). The topological polar surface area (TPSA) is 92.5 Å². The summed E-state index contributed by atoms with van der Waals surface area (Å²) >= 11 is 2.10. The van der Waals surface area contributed by atoms with Crippen LogP contribution < -0.4 is 4.74 Å². The Morgan fingerprint density at radius 2 is 2.00 bits per heavy atom. The Bertz CT molecular complexity index is 943. The lowest BCUT2D eigenvalue weighted by Crippen LogP contribution is -2.11. The SMILES string of the molecule is Cc1cc(OCC(=O)O)nc(-c2ccc3c(I)c(O)ccc3c2)n1. The van der Waals surface area contributed by atoms with Gasteiger partial charge in [-0.05, 0) is 52.4 Å². The molecule has 0 saturated heterocycles. The number of hydrogen-bond donors (Lipinski definition) is 2. The summed E-state index contributed by atoms with van der Waals surface area (Å²) in [5.74, 6) is -0.138. The summed E-state index contributed by atoms with van der Waals surface area (Å²) < 4.78 is 5.93. The molecule has 0 aliphatic rings. The third kappa shape index (κ3) is 3.40. The van der Waals surface area contributed by atoms with Crippen LogP contribution in [0.25, 0.3) is 22.2 Å². The van der Waals surface area contributed by atoms with Gasteiger partial charge in [0.05, 0.1) is 3.57 Å². The molecule has 122 valence electrons. The minimum atomic E-state index is -1.06. The molecule has 2 N–H and O–H groups in total. The van der Waals surface area contributed by atoms with Gasteiger partial charge in [0.25, 0.3) is 0 Å². The number of carbonyl (C=O) groups is 1. The molecule has 24 heavy (non-hydrogen) atoms. The summed E-state index contributed by atoms with van der Waals surface area (Å²) in [7, 11) is 0.